The molecule has 0 fully saturated rings. The van der Waals surface area contributed by atoms with Crippen molar-refractivity contribution in [2.75, 3.05) is 0 Å². The number of benzene rings is 4. The summed E-state index contributed by atoms with van der Waals surface area (Å²) in [4.78, 5) is 11.8. The van der Waals surface area contributed by atoms with Gasteiger partial charge in [-0.05, 0) is 53.8 Å². The van der Waals surface area contributed by atoms with Crippen molar-refractivity contribution >= 4 is 33.1 Å². The van der Waals surface area contributed by atoms with Crippen LogP contribution in [0.5, 0.6) is 0 Å². The molecule has 6 nitrogen and oxygen atoms in total. The molecule has 4 aromatic rings. The number of nitrogens with two attached hydrogens (primary N) is 1. The predicted molar refractivity (Wildman–Crippen MR) is 162 cm³/mol. The molecule has 0 bridgehead atoms. The van der Waals surface area contributed by atoms with E-state index in [-0.39, 0.29) is 4.90 Å². The van der Waals surface area contributed by atoms with Crippen molar-refractivity contribution in [3.05, 3.63) is 126 Å². The van der Waals surface area contributed by atoms with E-state index in [9.17, 15) is 13.2 Å². The van der Waals surface area contributed by atoms with Gasteiger partial charge in [0, 0.05) is 10.5 Å². The maximum atomic E-state index is 11.5. The fraction of sp³-hybridized carbons (Fsp3) is 0.129. The summed E-state index contributed by atoms with van der Waals surface area (Å²) in [6.07, 6.45) is 0.726. The van der Waals surface area contributed by atoms with E-state index in [0.29, 0.717) is 11.3 Å². The van der Waals surface area contributed by atoms with Gasteiger partial charge in [-0.3, -0.25) is 15.5 Å². The van der Waals surface area contributed by atoms with Crippen molar-refractivity contribution in [2.45, 2.75) is 37.0 Å². The van der Waals surface area contributed by atoms with Crippen LogP contribution in [0.25, 0.3) is 16.8 Å². The van der Waals surface area contributed by atoms with Crippen LogP contribution in [0.15, 0.2) is 113 Å². The molecule has 0 heterocycles. The summed E-state index contributed by atoms with van der Waals surface area (Å²) in [6, 6.07) is 30.0. The first-order valence-corrected chi connectivity index (χ1v) is 14.7. The predicted octanol–water partition coefficient (Wildman–Crippen LogP) is 6.84. The van der Waals surface area contributed by atoms with Gasteiger partial charge in [0.15, 0.2) is 5.62 Å². The molecule has 0 unspecified atom stereocenters. The van der Waals surface area contributed by atoms with E-state index in [0.717, 1.165) is 44.8 Å². The Labute approximate surface area is 235 Å². The lowest BCUT2D eigenvalue weighted by atomic mass is 10.0. The van der Waals surface area contributed by atoms with Crippen LogP contribution in [0.2, 0.25) is 0 Å². The van der Waals surface area contributed by atoms with Gasteiger partial charge in [0.1, 0.15) is 0 Å². The lowest BCUT2D eigenvalue weighted by Crippen LogP contribution is -2.13. The van der Waals surface area contributed by atoms with E-state index < -0.39 is 10.0 Å². The summed E-state index contributed by atoms with van der Waals surface area (Å²) in [5, 5.41) is 14.1. The maximum Gasteiger partial charge on any atom is 0.238 e. The number of hydrogen-bond acceptors (Lipinski definition) is 6. The van der Waals surface area contributed by atoms with Gasteiger partial charge in [-0.2, -0.15) is 0 Å². The van der Waals surface area contributed by atoms with E-state index in [1.807, 2.05) is 93.6 Å². The first kappa shape index (κ1) is 31.5. The van der Waals surface area contributed by atoms with Crippen LogP contribution in [0.4, 0.5) is 0 Å². The van der Waals surface area contributed by atoms with Crippen LogP contribution in [0, 0.1) is 6.92 Å². The molecule has 4 rings (SSSR count). The Balaban J connectivity index is 0.000000260. The number of hydroxylamine groups is 1. The molecule has 0 spiro atoms. The van der Waals surface area contributed by atoms with Gasteiger partial charge in [-0.15, -0.1) is 0 Å². The summed E-state index contributed by atoms with van der Waals surface area (Å²) < 4.78 is 22.9. The van der Waals surface area contributed by atoms with Gasteiger partial charge in [0.2, 0.25) is 10.0 Å². The summed E-state index contributed by atoms with van der Waals surface area (Å²) in [5.74, 6) is 0. The Morgan fingerprint density at radius 1 is 0.949 bits per heavy atom. The highest BCUT2D eigenvalue weighted by atomic mass is 32.2. The molecule has 0 saturated carbocycles. The molecule has 0 saturated heterocycles. The van der Waals surface area contributed by atoms with Crippen molar-refractivity contribution in [3.8, 4) is 11.1 Å². The third-order valence-electron chi connectivity index (χ3n) is 5.51. The number of carbonyl (C=O) groups is 1. The lowest BCUT2D eigenvalue weighted by Gasteiger charge is -2.09. The normalized spacial score (nSPS) is 10.3. The van der Waals surface area contributed by atoms with Gasteiger partial charge in [0.25, 0.3) is 0 Å². The average Bonchev–Trinajstić information content (AvgIpc) is 2.95. The number of hydrogen-bond donors (Lipinski definition) is 3. The molecule has 4 aromatic carbocycles. The fourth-order valence-electron chi connectivity index (χ4n) is 3.66. The number of rotatable bonds is 8. The summed E-state index contributed by atoms with van der Waals surface area (Å²) in [5.41, 5.74) is 9.00. The molecule has 8 heteroatoms. The Morgan fingerprint density at radius 3 is 2.23 bits per heavy atom. The molecule has 0 atom stereocenters. The average molecular weight is 563 g/mol. The highest BCUT2D eigenvalue weighted by Gasteiger charge is 2.14. The second kappa shape index (κ2) is 15.7. The quantitative estimate of drug-likeness (QED) is 0.123. The van der Waals surface area contributed by atoms with Gasteiger partial charge in [-0.1, -0.05) is 117 Å². The minimum atomic E-state index is -3.69. The SMILES string of the molecule is C=C(NO)c1cccc(Cc2ccccc2SC=O)c1.CC.Cc1ccc(-c2ccccc2S(N)(=O)=O)cc1. The summed E-state index contributed by atoms with van der Waals surface area (Å²) in [6.45, 7) is 9.71. The van der Waals surface area contributed by atoms with Crippen molar-refractivity contribution in [1.29, 1.82) is 0 Å². The zero-order valence-corrected chi connectivity index (χ0v) is 23.9. The van der Waals surface area contributed by atoms with E-state index in [1.54, 1.807) is 18.2 Å². The van der Waals surface area contributed by atoms with Crippen LogP contribution in [0.1, 0.15) is 36.1 Å². The number of nitrogens with one attached hydrogen (secondary N) is 1. The van der Waals surface area contributed by atoms with Gasteiger partial charge >= 0.3 is 0 Å². The number of sulfonamides is 1. The topological polar surface area (TPSA) is 109 Å². The summed E-state index contributed by atoms with van der Waals surface area (Å²) >= 11 is 1.19. The van der Waals surface area contributed by atoms with Crippen molar-refractivity contribution < 1.29 is 18.4 Å². The maximum absolute atomic E-state index is 11.5. The molecular weight excluding hydrogens is 528 g/mol. The van der Waals surface area contributed by atoms with Crippen molar-refractivity contribution in [2.24, 2.45) is 5.14 Å². The molecule has 0 radical (unpaired) electrons. The Kier molecular flexibility index (Phi) is 12.7. The minimum absolute atomic E-state index is 0.156. The standard InChI is InChI=1S/C16H15NO2S.C13H13NO2S.C2H6/c1-12(17-19)14-7-4-5-13(9-14)10-15-6-2-3-8-16(15)20-11-18;1-10-6-8-11(9-7-10)12-4-2-3-5-13(12)17(14,15)16;1-2/h2-9,11,17,19H,1,10H2;2-9H,1H3,(H2,14,15,16);1-2H3. The second-order valence-electron chi connectivity index (χ2n) is 8.20. The highest BCUT2D eigenvalue weighted by molar-refractivity contribution is 8.11. The Morgan fingerprint density at radius 2 is 1.59 bits per heavy atom. The van der Waals surface area contributed by atoms with Crippen LogP contribution in [-0.2, 0) is 21.2 Å². The zero-order valence-electron chi connectivity index (χ0n) is 22.3. The lowest BCUT2D eigenvalue weighted by molar-refractivity contribution is 0.225. The monoisotopic (exact) mass is 562 g/mol. The van der Waals surface area contributed by atoms with Crippen molar-refractivity contribution in [3.63, 3.8) is 0 Å². The molecule has 204 valence electrons. The summed E-state index contributed by atoms with van der Waals surface area (Å²) in [7, 11) is -3.69. The largest absolute Gasteiger partial charge is 0.291 e. The minimum Gasteiger partial charge on any atom is -0.291 e. The number of primary sulfonamides is 1. The molecular formula is C31H34N2O4S2. The molecule has 39 heavy (non-hydrogen) atoms. The molecule has 0 aliphatic rings. The highest BCUT2D eigenvalue weighted by Crippen LogP contribution is 2.27. The number of thioether (sulfide) groups is 1. The molecule has 0 aromatic heterocycles. The molecule has 0 aliphatic heterocycles. The third kappa shape index (κ3) is 9.53. The van der Waals surface area contributed by atoms with Gasteiger partial charge < -0.3 is 0 Å². The third-order valence-corrected chi connectivity index (χ3v) is 7.23. The number of aryl methyl sites for hydroxylation is 1. The van der Waals surface area contributed by atoms with Crippen LogP contribution >= 0.6 is 11.8 Å². The smallest absolute Gasteiger partial charge is 0.238 e. The molecule has 4 N–H and O–H groups in total. The van der Waals surface area contributed by atoms with Crippen LogP contribution < -0.4 is 10.6 Å². The first-order chi connectivity index (χ1) is 18.7. The van der Waals surface area contributed by atoms with E-state index >= 15 is 0 Å². The first-order valence-electron chi connectivity index (χ1n) is 12.3. The van der Waals surface area contributed by atoms with E-state index in [4.69, 9.17) is 10.3 Å². The van der Waals surface area contributed by atoms with Crippen LogP contribution in [0.3, 0.4) is 0 Å². The number of carbonyl (C=O) groups excluding carboxylic acids is 1. The Bertz CT molecular complexity index is 1480. The van der Waals surface area contributed by atoms with Gasteiger partial charge in [-0.25, -0.2) is 13.6 Å². The van der Waals surface area contributed by atoms with Crippen LogP contribution in [-0.4, -0.2) is 19.2 Å². The fourth-order valence-corrected chi connectivity index (χ4v) is 4.97. The zero-order chi connectivity index (χ0) is 28.8. The van der Waals surface area contributed by atoms with E-state index in [1.165, 1.54) is 17.8 Å². The van der Waals surface area contributed by atoms with Gasteiger partial charge in [0.05, 0.1) is 10.6 Å². The Hall–Kier alpha value is -3.69. The van der Waals surface area contributed by atoms with E-state index in [2.05, 4.69) is 12.1 Å². The molecule has 0 amide bonds. The van der Waals surface area contributed by atoms with Crippen molar-refractivity contribution in [1.82, 2.24) is 5.48 Å². The second-order valence-corrected chi connectivity index (χ2v) is 10.6. The molecule has 0 aliphatic carbocycles.